The van der Waals surface area contributed by atoms with Crippen LogP contribution in [0.25, 0.3) is 0 Å². The van der Waals surface area contributed by atoms with Gasteiger partial charge in [0.25, 0.3) is 0 Å². The molecule has 0 radical (unpaired) electrons. The Hall–Kier alpha value is -0.600. The summed E-state index contributed by atoms with van der Waals surface area (Å²) in [6.45, 7) is 11.9. The highest BCUT2D eigenvalue weighted by Crippen LogP contribution is 2.11. The van der Waals surface area contributed by atoms with Crippen LogP contribution < -0.4 is 0 Å². The van der Waals surface area contributed by atoms with Crippen molar-refractivity contribution in [1.82, 2.24) is 4.90 Å². The summed E-state index contributed by atoms with van der Waals surface area (Å²) in [6, 6.07) is 0. The van der Waals surface area contributed by atoms with Crippen LogP contribution in [0.1, 0.15) is 59.3 Å². The second-order valence-corrected chi connectivity index (χ2v) is 6.02. The standard InChI is InChI=1S/C18H33NO/c1-4-5-6-7-9-17(2)10-8-11-18(3)16-19-12-14-20-15-13-19/h9,11H,4-8,10,12-16H2,1-3H3/b17-9-,18-11-. The second kappa shape index (κ2) is 11.1. The summed E-state index contributed by atoms with van der Waals surface area (Å²) in [7, 11) is 0. The summed E-state index contributed by atoms with van der Waals surface area (Å²) in [5, 5.41) is 0. The van der Waals surface area contributed by atoms with Gasteiger partial charge in [0, 0.05) is 19.6 Å². The van der Waals surface area contributed by atoms with E-state index in [9.17, 15) is 0 Å². The normalized spacial score (nSPS) is 18.6. The number of nitrogens with zero attached hydrogens (tertiary/aromatic N) is 1. The fraction of sp³-hybridized carbons (Fsp3) is 0.778. The van der Waals surface area contributed by atoms with Crippen LogP contribution in [-0.4, -0.2) is 37.7 Å². The van der Waals surface area contributed by atoms with Crippen molar-refractivity contribution in [3.05, 3.63) is 23.3 Å². The molecule has 1 fully saturated rings. The Morgan fingerprint density at radius 1 is 1.00 bits per heavy atom. The molecule has 2 heteroatoms. The van der Waals surface area contributed by atoms with E-state index in [0.29, 0.717) is 0 Å². The Labute approximate surface area is 125 Å². The van der Waals surface area contributed by atoms with Crippen LogP contribution >= 0.6 is 0 Å². The van der Waals surface area contributed by atoms with Gasteiger partial charge < -0.3 is 4.74 Å². The third-order valence-electron chi connectivity index (χ3n) is 3.91. The summed E-state index contributed by atoms with van der Waals surface area (Å²) in [5.74, 6) is 0. The molecule has 0 aromatic carbocycles. The number of allylic oxidation sites excluding steroid dienone is 3. The molecule has 0 bridgehead atoms. The number of hydrogen-bond donors (Lipinski definition) is 0. The predicted octanol–water partition coefficient (Wildman–Crippen LogP) is 4.57. The molecule has 116 valence electrons. The van der Waals surface area contributed by atoms with E-state index in [-0.39, 0.29) is 0 Å². The molecule has 0 amide bonds. The molecule has 1 aliphatic heterocycles. The summed E-state index contributed by atoms with van der Waals surface area (Å²) < 4.78 is 5.38. The number of hydrogen-bond acceptors (Lipinski definition) is 2. The number of morpholine rings is 1. The second-order valence-electron chi connectivity index (χ2n) is 6.02. The SMILES string of the molecule is CCCCC/C=C(/C)CC/C=C(/C)CN1CCOCC1. The van der Waals surface area contributed by atoms with Crippen LogP contribution in [0.3, 0.4) is 0 Å². The zero-order chi connectivity index (χ0) is 14.6. The fourth-order valence-electron chi connectivity index (χ4n) is 2.57. The minimum absolute atomic E-state index is 0.896. The molecule has 20 heavy (non-hydrogen) atoms. The molecule has 0 aromatic rings. The molecule has 0 aromatic heterocycles. The maximum atomic E-state index is 5.38. The average molecular weight is 279 g/mol. The molecule has 1 heterocycles. The molecule has 0 aliphatic carbocycles. The molecule has 0 N–H and O–H groups in total. The molecule has 0 spiro atoms. The van der Waals surface area contributed by atoms with E-state index in [0.717, 1.165) is 32.8 Å². The van der Waals surface area contributed by atoms with E-state index in [1.54, 1.807) is 5.57 Å². The molecule has 0 saturated carbocycles. The van der Waals surface area contributed by atoms with Crippen LogP contribution in [0, 0.1) is 0 Å². The third kappa shape index (κ3) is 8.55. The van der Waals surface area contributed by atoms with Crippen molar-refractivity contribution in [3.63, 3.8) is 0 Å². The Morgan fingerprint density at radius 3 is 2.40 bits per heavy atom. The van der Waals surface area contributed by atoms with Gasteiger partial charge in [-0.05, 0) is 39.5 Å². The predicted molar refractivity (Wildman–Crippen MR) is 88.1 cm³/mol. The van der Waals surface area contributed by atoms with Gasteiger partial charge in [0.2, 0.25) is 0 Å². The summed E-state index contributed by atoms with van der Waals surface area (Å²) in [4.78, 5) is 2.49. The first-order valence-corrected chi connectivity index (χ1v) is 8.33. The molecule has 0 unspecified atom stereocenters. The Morgan fingerprint density at radius 2 is 1.70 bits per heavy atom. The van der Waals surface area contributed by atoms with E-state index in [2.05, 4.69) is 37.8 Å². The van der Waals surface area contributed by atoms with Gasteiger partial charge in [-0.3, -0.25) is 4.90 Å². The smallest absolute Gasteiger partial charge is 0.0594 e. The Bertz CT molecular complexity index is 301. The zero-order valence-corrected chi connectivity index (χ0v) is 13.8. The summed E-state index contributed by atoms with van der Waals surface area (Å²) in [5.41, 5.74) is 3.06. The summed E-state index contributed by atoms with van der Waals surface area (Å²) >= 11 is 0. The average Bonchev–Trinajstić information content (AvgIpc) is 2.45. The van der Waals surface area contributed by atoms with E-state index in [1.807, 2.05) is 0 Å². The monoisotopic (exact) mass is 279 g/mol. The first kappa shape index (κ1) is 17.5. The lowest BCUT2D eigenvalue weighted by molar-refractivity contribution is 0.0422. The van der Waals surface area contributed by atoms with E-state index in [1.165, 1.54) is 44.1 Å². The van der Waals surface area contributed by atoms with Gasteiger partial charge in [-0.15, -0.1) is 0 Å². The van der Waals surface area contributed by atoms with E-state index < -0.39 is 0 Å². The van der Waals surface area contributed by atoms with Crippen molar-refractivity contribution in [2.45, 2.75) is 59.3 Å². The lowest BCUT2D eigenvalue weighted by atomic mass is 10.1. The number of rotatable bonds is 9. The maximum absolute atomic E-state index is 5.38. The van der Waals surface area contributed by atoms with Crippen LogP contribution in [0.15, 0.2) is 23.3 Å². The molecule has 1 saturated heterocycles. The van der Waals surface area contributed by atoms with Gasteiger partial charge in [-0.1, -0.05) is 43.1 Å². The number of ether oxygens (including phenoxy) is 1. The van der Waals surface area contributed by atoms with Crippen LogP contribution in [0.5, 0.6) is 0 Å². The maximum Gasteiger partial charge on any atom is 0.0594 e. The highest BCUT2D eigenvalue weighted by Gasteiger charge is 2.09. The molecule has 1 rings (SSSR count). The van der Waals surface area contributed by atoms with Crippen LogP contribution in [-0.2, 0) is 4.74 Å². The quantitative estimate of drug-likeness (QED) is 0.453. The van der Waals surface area contributed by atoms with E-state index in [4.69, 9.17) is 4.74 Å². The van der Waals surface area contributed by atoms with Crippen molar-refractivity contribution in [2.24, 2.45) is 0 Å². The molecular weight excluding hydrogens is 246 g/mol. The van der Waals surface area contributed by atoms with Gasteiger partial charge >= 0.3 is 0 Å². The minimum Gasteiger partial charge on any atom is -0.379 e. The zero-order valence-electron chi connectivity index (χ0n) is 13.8. The van der Waals surface area contributed by atoms with Gasteiger partial charge in [0.05, 0.1) is 13.2 Å². The lowest BCUT2D eigenvalue weighted by Gasteiger charge is -2.26. The number of unbranched alkanes of at least 4 members (excludes halogenated alkanes) is 3. The highest BCUT2D eigenvalue weighted by atomic mass is 16.5. The van der Waals surface area contributed by atoms with Crippen molar-refractivity contribution >= 4 is 0 Å². The molecular formula is C18H33NO. The largest absolute Gasteiger partial charge is 0.379 e. The lowest BCUT2D eigenvalue weighted by Crippen LogP contribution is -2.37. The van der Waals surface area contributed by atoms with Gasteiger partial charge in [-0.25, -0.2) is 0 Å². The minimum atomic E-state index is 0.896. The molecule has 1 aliphatic rings. The van der Waals surface area contributed by atoms with Gasteiger partial charge in [0.1, 0.15) is 0 Å². The third-order valence-corrected chi connectivity index (χ3v) is 3.91. The molecule has 2 nitrogen and oxygen atoms in total. The van der Waals surface area contributed by atoms with Crippen LogP contribution in [0.2, 0.25) is 0 Å². The highest BCUT2D eigenvalue weighted by molar-refractivity contribution is 5.05. The first-order valence-electron chi connectivity index (χ1n) is 8.33. The molecule has 0 atom stereocenters. The van der Waals surface area contributed by atoms with Gasteiger partial charge in [-0.2, -0.15) is 0 Å². The topological polar surface area (TPSA) is 12.5 Å². The van der Waals surface area contributed by atoms with Crippen molar-refractivity contribution in [2.75, 3.05) is 32.8 Å². The van der Waals surface area contributed by atoms with Gasteiger partial charge in [0.15, 0.2) is 0 Å². The van der Waals surface area contributed by atoms with Crippen molar-refractivity contribution in [3.8, 4) is 0 Å². The Kier molecular flexibility index (Phi) is 9.69. The van der Waals surface area contributed by atoms with E-state index >= 15 is 0 Å². The van der Waals surface area contributed by atoms with Crippen molar-refractivity contribution < 1.29 is 4.74 Å². The summed E-state index contributed by atoms with van der Waals surface area (Å²) in [6.07, 6.45) is 12.5. The first-order chi connectivity index (χ1) is 9.72. The fourth-order valence-corrected chi connectivity index (χ4v) is 2.57. The van der Waals surface area contributed by atoms with Crippen LogP contribution in [0.4, 0.5) is 0 Å². The van der Waals surface area contributed by atoms with Crippen molar-refractivity contribution in [1.29, 1.82) is 0 Å². The Balaban J connectivity index is 2.14.